The summed E-state index contributed by atoms with van der Waals surface area (Å²) in [5, 5.41) is 10.7. The summed E-state index contributed by atoms with van der Waals surface area (Å²) >= 11 is 0. The van der Waals surface area contributed by atoms with Crippen LogP contribution in [-0.4, -0.2) is 9.97 Å². The van der Waals surface area contributed by atoms with Crippen LogP contribution >= 0.6 is 0 Å². The second-order valence-corrected chi connectivity index (χ2v) is 13.0. The third-order valence-corrected chi connectivity index (χ3v) is 10.0. The van der Waals surface area contributed by atoms with Crippen molar-refractivity contribution in [2.24, 2.45) is 0 Å². The lowest BCUT2D eigenvalue weighted by atomic mass is 9.89. The van der Waals surface area contributed by atoms with E-state index in [1.165, 1.54) is 60.0 Å². The average Bonchev–Trinajstić information content (AvgIpc) is 3.19. The molecule has 0 aliphatic heterocycles. The van der Waals surface area contributed by atoms with Gasteiger partial charge in [0, 0.05) is 21.9 Å². The highest BCUT2D eigenvalue weighted by atomic mass is 14.9. The quantitative estimate of drug-likeness (QED) is 0.180. The zero-order chi connectivity index (χ0) is 33.0. The van der Waals surface area contributed by atoms with E-state index in [2.05, 4.69) is 164 Å². The van der Waals surface area contributed by atoms with Crippen molar-refractivity contribution >= 4 is 54.0 Å². The van der Waals surface area contributed by atoms with Crippen LogP contribution in [0.5, 0.6) is 0 Å². The Morgan fingerprint density at radius 1 is 0.280 bits per heavy atom. The second kappa shape index (κ2) is 11.5. The first-order chi connectivity index (χ1) is 24.8. The smallest absolute Gasteiger partial charge is 0.160 e. The summed E-state index contributed by atoms with van der Waals surface area (Å²) in [6, 6.07) is 65.3. The lowest BCUT2D eigenvalue weighted by Crippen LogP contribution is -1.96. The third-order valence-electron chi connectivity index (χ3n) is 10.0. The standard InChI is InChI=1S/C48H30N2/c1-2-13-34(14-3-1)48-49-46(44-25-22-33-12-8-9-17-42(33)47(44)50-48)39-23-24-43-40(37-20-18-31-10-4-6-15-35(31)28-37)26-27-41(45(43)30-39)38-21-19-32-11-5-7-16-36(32)29-38/h1-30H. The first kappa shape index (κ1) is 28.4. The Kier molecular flexibility index (Phi) is 6.53. The Hall–Kier alpha value is -6.64. The van der Waals surface area contributed by atoms with Crippen LogP contribution < -0.4 is 0 Å². The molecule has 1 aromatic heterocycles. The molecule has 0 atom stereocenters. The van der Waals surface area contributed by atoms with Crippen molar-refractivity contribution in [1.29, 1.82) is 0 Å². The summed E-state index contributed by atoms with van der Waals surface area (Å²) < 4.78 is 0. The van der Waals surface area contributed by atoms with Crippen LogP contribution in [0.2, 0.25) is 0 Å². The highest BCUT2D eigenvalue weighted by molar-refractivity contribution is 6.12. The number of rotatable bonds is 4. The van der Waals surface area contributed by atoms with Crippen molar-refractivity contribution in [2.75, 3.05) is 0 Å². The Morgan fingerprint density at radius 3 is 1.52 bits per heavy atom. The van der Waals surface area contributed by atoms with Crippen molar-refractivity contribution in [3.63, 3.8) is 0 Å². The SMILES string of the molecule is c1ccc(-c2nc(-c3ccc4c(-c5ccc6ccccc6c5)ccc(-c5ccc6ccccc6c5)c4c3)c3ccc4ccccc4c3n2)cc1. The molecule has 0 bridgehead atoms. The van der Waals surface area contributed by atoms with Crippen LogP contribution in [0.3, 0.4) is 0 Å². The molecule has 0 N–H and O–H groups in total. The highest BCUT2D eigenvalue weighted by Gasteiger charge is 2.17. The number of hydrogen-bond donors (Lipinski definition) is 0. The van der Waals surface area contributed by atoms with E-state index in [0.29, 0.717) is 0 Å². The van der Waals surface area contributed by atoms with Crippen LogP contribution in [0.25, 0.3) is 98.9 Å². The summed E-state index contributed by atoms with van der Waals surface area (Å²) in [5.41, 5.74) is 8.77. The van der Waals surface area contributed by atoms with Crippen LogP contribution in [0, 0.1) is 0 Å². The molecule has 9 aromatic carbocycles. The second-order valence-electron chi connectivity index (χ2n) is 13.0. The molecule has 10 rings (SSSR count). The Balaban J connectivity index is 1.26. The third kappa shape index (κ3) is 4.73. The molecular formula is C48H30N2. The molecule has 2 nitrogen and oxygen atoms in total. The molecule has 50 heavy (non-hydrogen) atoms. The molecule has 1 heterocycles. The highest BCUT2D eigenvalue weighted by Crippen LogP contribution is 2.41. The molecule has 0 saturated carbocycles. The van der Waals surface area contributed by atoms with Crippen molar-refractivity contribution in [1.82, 2.24) is 9.97 Å². The van der Waals surface area contributed by atoms with Gasteiger partial charge in [-0.1, -0.05) is 158 Å². The van der Waals surface area contributed by atoms with Crippen molar-refractivity contribution < 1.29 is 0 Å². The minimum atomic E-state index is 0.726. The Morgan fingerprint density at radius 2 is 0.820 bits per heavy atom. The van der Waals surface area contributed by atoms with Gasteiger partial charge in [-0.3, -0.25) is 0 Å². The van der Waals surface area contributed by atoms with Crippen LogP contribution in [0.4, 0.5) is 0 Å². The molecule has 0 spiro atoms. The molecule has 0 aliphatic rings. The predicted molar refractivity (Wildman–Crippen MR) is 211 cm³/mol. The van der Waals surface area contributed by atoms with Crippen LogP contribution in [0.15, 0.2) is 182 Å². The zero-order valence-corrected chi connectivity index (χ0v) is 27.2. The molecule has 0 unspecified atom stereocenters. The number of benzene rings is 9. The maximum absolute atomic E-state index is 5.30. The minimum Gasteiger partial charge on any atom is -0.227 e. The van der Waals surface area contributed by atoms with E-state index in [1.807, 2.05) is 18.2 Å². The Labute approximate surface area is 290 Å². The van der Waals surface area contributed by atoms with Gasteiger partial charge in [-0.25, -0.2) is 9.97 Å². The first-order valence-electron chi connectivity index (χ1n) is 17.1. The van der Waals surface area contributed by atoms with Crippen molar-refractivity contribution in [3.05, 3.63) is 182 Å². The molecular weight excluding hydrogens is 605 g/mol. The van der Waals surface area contributed by atoms with E-state index in [-0.39, 0.29) is 0 Å². The van der Waals surface area contributed by atoms with E-state index in [9.17, 15) is 0 Å². The zero-order valence-electron chi connectivity index (χ0n) is 27.2. The number of fused-ring (bicyclic) bond motifs is 6. The fourth-order valence-corrected chi connectivity index (χ4v) is 7.51. The predicted octanol–water partition coefficient (Wildman–Crippen LogP) is 12.9. The molecule has 0 radical (unpaired) electrons. The molecule has 0 amide bonds. The maximum atomic E-state index is 5.30. The summed E-state index contributed by atoms with van der Waals surface area (Å²) in [7, 11) is 0. The molecule has 232 valence electrons. The number of hydrogen-bond acceptors (Lipinski definition) is 2. The van der Waals surface area contributed by atoms with E-state index in [0.717, 1.165) is 38.9 Å². The van der Waals surface area contributed by atoms with Gasteiger partial charge in [-0.05, 0) is 84.2 Å². The average molecular weight is 635 g/mol. The van der Waals surface area contributed by atoms with Crippen LogP contribution in [0.1, 0.15) is 0 Å². The lowest BCUT2D eigenvalue weighted by Gasteiger charge is -2.16. The molecule has 2 heteroatoms. The van der Waals surface area contributed by atoms with E-state index in [4.69, 9.17) is 9.97 Å². The molecule has 0 aliphatic carbocycles. The van der Waals surface area contributed by atoms with Crippen LogP contribution in [-0.2, 0) is 0 Å². The maximum Gasteiger partial charge on any atom is 0.160 e. The monoisotopic (exact) mass is 634 g/mol. The van der Waals surface area contributed by atoms with Gasteiger partial charge in [0.15, 0.2) is 5.82 Å². The van der Waals surface area contributed by atoms with Gasteiger partial charge in [-0.15, -0.1) is 0 Å². The Bertz CT molecular complexity index is 2920. The van der Waals surface area contributed by atoms with E-state index >= 15 is 0 Å². The van der Waals surface area contributed by atoms with Crippen molar-refractivity contribution in [2.45, 2.75) is 0 Å². The summed E-state index contributed by atoms with van der Waals surface area (Å²) in [4.78, 5) is 10.5. The van der Waals surface area contributed by atoms with Gasteiger partial charge in [-0.2, -0.15) is 0 Å². The summed E-state index contributed by atoms with van der Waals surface area (Å²) in [6.07, 6.45) is 0. The first-order valence-corrected chi connectivity index (χ1v) is 17.1. The fourth-order valence-electron chi connectivity index (χ4n) is 7.51. The van der Waals surface area contributed by atoms with Gasteiger partial charge in [0.25, 0.3) is 0 Å². The normalized spacial score (nSPS) is 11.6. The minimum absolute atomic E-state index is 0.726. The van der Waals surface area contributed by atoms with E-state index in [1.54, 1.807) is 0 Å². The summed E-state index contributed by atoms with van der Waals surface area (Å²) in [5.74, 6) is 0.726. The van der Waals surface area contributed by atoms with Crippen molar-refractivity contribution in [3.8, 4) is 44.9 Å². The van der Waals surface area contributed by atoms with Gasteiger partial charge in [0.05, 0.1) is 11.2 Å². The lowest BCUT2D eigenvalue weighted by molar-refractivity contribution is 1.23. The molecule has 0 fully saturated rings. The summed E-state index contributed by atoms with van der Waals surface area (Å²) in [6.45, 7) is 0. The molecule has 0 saturated heterocycles. The topological polar surface area (TPSA) is 25.8 Å². The van der Waals surface area contributed by atoms with Gasteiger partial charge >= 0.3 is 0 Å². The van der Waals surface area contributed by atoms with E-state index < -0.39 is 0 Å². The fraction of sp³-hybridized carbons (Fsp3) is 0. The number of nitrogens with zero attached hydrogens (tertiary/aromatic N) is 2. The van der Waals surface area contributed by atoms with Gasteiger partial charge in [0.1, 0.15) is 0 Å². The van der Waals surface area contributed by atoms with Gasteiger partial charge < -0.3 is 0 Å². The van der Waals surface area contributed by atoms with Gasteiger partial charge in [0.2, 0.25) is 0 Å². The number of aromatic nitrogens is 2. The molecule has 10 aromatic rings. The largest absolute Gasteiger partial charge is 0.227 e.